The van der Waals surface area contributed by atoms with Crippen LogP contribution in [0.25, 0.3) is 5.65 Å². The standard InChI is InChI=1S/C17H19N5O/c23-17-7-3-8-18-22(17)13-15-5-4-10-20(15)11-14-12-21-9-2-1-6-16(21)19-14/h1-3,6-9,12,15H,4-5,10-11,13H2. The summed E-state index contributed by atoms with van der Waals surface area (Å²) in [6.45, 7) is 2.50. The van der Waals surface area contributed by atoms with Crippen molar-refractivity contribution < 1.29 is 0 Å². The summed E-state index contributed by atoms with van der Waals surface area (Å²) in [6.07, 6.45) is 8.01. The van der Waals surface area contributed by atoms with Gasteiger partial charge in [-0.25, -0.2) is 9.67 Å². The first-order valence-electron chi connectivity index (χ1n) is 7.98. The second-order valence-electron chi connectivity index (χ2n) is 6.01. The summed E-state index contributed by atoms with van der Waals surface area (Å²) >= 11 is 0. The number of aromatic nitrogens is 4. The molecule has 1 unspecified atom stereocenters. The molecule has 4 heterocycles. The molecular formula is C17H19N5O. The Morgan fingerprint density at radius 1 is 1.22 bits per heavy atom. The van der Waals surface area contributed by atoms with Crippen LogP contribution in [0.3, 0.4) is 0 Å². The Morgan fingerprint density at radius 3 is 3.04 bits per heavy atom. The van der Waals surface area contributed by atoms with E-state index >= 15 is 0 Å². The van der Waals surface area contributed by atoms with Crippen LogP contribution in [-0.2, 0) is 13.1 Å². The lowest BCUT2D eigenvalue weighted by Gasteiger charge is -2.23. The van der Waals surface area contributed by atoms with E-state index in [0.717, 1.165) is 37.3 Å². The minimum absolute atomic E-state index is 0.0351. The number of fused-ring (bicyclic) bond motifs is 1. The van der Waals surface area contributed by atoms with Crippen molar-refractivity contribution in [1.29, 1.82) is 0 Å². The number of hydrogen-bond donors (Lipinski definition) is 0. The van der Waals surface area contributed by atoms with Crippen LogP contribution in [0, 0.1) is 0 Å². The molecule has 23 heavy (non-hydrogen) atoms. The third-order valence-electron chi connectivity index (χ3n) is 4.45. The van der Waals surface area contributed by atoms with E-state index in [2.05, 4.69) is 21.2 Å². The highest BCUT2D eigenvalue weighted by Crippen LogP contribution is 2.21. The smallest absolute Gasteiger partial charge is 0.266 e. The Kier molecular flexibility index (Phi) is 3.67. The lowest BCUT2D eigenvalue weighted by molar-refractivity contribution is 0.215. The number of rotatable bonds is 4. The van der Waals surface area contributed by atoms with E-state index in [1.807, 2.05) is 28.8 Å². The van der Waals surface area contributed by atoms with Crippen LogP contribution in [0.15, 0.2) is 53.7 Å². The van der Waals surface area contributed by atoms with Crippen molar-refractivity contribution >= 4 is 5.65 Å². The highest BCUT2D eigenvalue weighted by atomic mass is 16.1. The molecule has 1 saturated heterocycles. The molecule has 3 aromatic rings. The Hall–Kier alpha value is -2.47. The average Bonchev–Trinajstić information content (AvgIpc) is 3.16. The molecule has 1 aliphatic rings. The van der Waals surface area contributed by atoms with Gasteiger partial charge < -0.3 is 4.40 Å². The molecule has 1 fully saturated rings. The number of likely N-dealkylation sites (tertiary alicyclic amines) is 1. The monoisotopic (exact) mass is 309 g/mol. The van der Waals surface area contributed by atoms with Crippen molar-refractivity contribution in [1.82, 2.24) is 24.1 Å². The van der Waals surface area contributed by atoms with E-state index in [-0.39, 0.29) is 5.56 Å². The molecule has 0 N–H and O–H groups in total. The van der Waals surface area contributed by atoms with Crippen LogP contribution < -0.4 is 5.56 Å². The van der Waals surface area contributed by atoms with E-state index < -0.39 is 0 Å². The van der Waals surface area contributed by atoms with Crippen LogP contribution in [0.4, 0.5) is 0 Å². The number of pyridine rings is 1. The van der Waals surface area contributed by atoms with Gasteiger partial charge in [-0.3, -0.25) is 9.69 Å². The van der Waals surface area contributed by atoms with Gasteiger partial charge in [0.1, 0.15) is 5.65 Å². The molecule has 1 atom stereocenters. The Bertz CT molecular complexity index is 835. The number of imidazole rings is 1. The van der Waals surface area contributed by atoms with Gasteiger partial charge >= 0.3 is 0 Å². The van der Waals surface area contributed by atoms with Gasteiger partial charge in [-0.15, -0.1) is 0 Å². The molecular weight excluding hydrogens is 290 g/mol. The maximum atomic E-state index is 11.9. The summed E-state index contributed by atoms with van der Waals surface area (Å²) in [5.74, 6) is 0. The first-order valence-corrected chi connectivity index (χ1v) is 7.98. The molecule has 118 valence electrons. The minimum Gasteiger partial charge on any atom is -0.307 e. The van der Waals surface area contributed by atoms with Crippen LogP contribution in [-0.4, -0.2) is 36.7 Å². The van der Waals surface area contributed by atoms with Crippen molar-refractivity contribution in [3.05, 3.63) is 65.0 Å². The van der Waals surface area contributed by atoms with Gasteiger partial charge in [-0.05, 0) is 37.6 Å². The molecule has 0 bridgehead atoms. The molecule has 0 amide bonds. The third kappa shape index (κ3) is 2.90. The maximum Gasteiger partial charge on any atom is 0.266 e. The zero-order valence-electron chi connectivity index (χ0n) is 12.9. The predicted molar refractivity (Wildman–Crippen MR) is 87.1 cm³/mol. The predicted octanol–water partition coefficient (Wildman–Crippen LogP) is 1.56. The number of nitrogens with zero attached hydrogens (tertiary/aromatic N) is 5. The molecule has 3 aromatic heterocycles. The van der Waals surface area contributed by atoms with E-state index in [9.17, 15) is 4.79 Å². The van der Waals surface area contributed by atoms with Crippen molar-refractivity contribution in [3.63, 3.8) is 0 Å². The highest BCUT2D eigenvalue weighted by Gasteiger charge is 2.26. The Balaban J connectivity index is 1.51. The number of hydrogen-bond acceptors (Lipinski definition) is 4. The lowest BCUT2D eigenvalue weighted by atomic mass is 10.2. The van der Waals surface area contributed by atoms with Gasteiger partial charge in [-0.2, -0.15) is 5.10 Å². The average molecular weight is 309 g/mol. The van der Waals surface area contributed by atoms with E-state index in [0.29, 0.717) is 12.6 Å². The first-order chi connectivity index (χ1) is 11.3. The summed E-state index contributed by atoms with van der Waals surface area (Å²) in [7, 11) is 0. The van der Waals surface area contributed by atoms with Crippen LogP contribution in [0.5, 0.6) is 0 Å². The van der Waals surface area contributed by atoms with Crippen LogP contribution >= 0.6 is 0 Å². The van der Waals surface area contributed by atoms with Crippen molar-refractivity contribution in [2.24, 2.45) is 0 Å². The molecule has 1 aliphatic heterocycles. The molecule has 0 aliphatic carbocycles. The van der Waals surface area contributed by atoms with Crippen molar-refractivity contribution in [2.75, 3.05) is 6.54 Å². The van der Waals surface area contributed by atoms with E-state index in [4.69, 9.17) is 0 Å². The quantitative estimate of drug-likeness (QED) is 0.734. The summed E-state index contributed by atoms with van der Waals surface area (Å²) in [5, 5.41) is 4.18. The minimum atomic E-state index is -0.0351. The van der Waals surface area contributed by atoms with Crippen molar-refractivity contribution in [2.45, 2.75) is 32.0 Å². The molecule has 0 radical (unpaired) electrons. The van der Waals surface area contributed by atoms with E-state index in [1.165, 1.54) is 0 Å². The van der Waals surface area contributed by atoms with Crippen molar-refractivity contribution in [3.8, 4) is 0 Å². The largest absolute Gasteiger partial charge is 0.307 e. The fourth-order valence-corrected chi connectivity index (χ4v) is 3.31. The molecule has 4 rings (SSSR count). The van der Waals surface area contributed by atoms with Gasteiger partial charge in [0.15, 0.2) is 0 Å². The van der Waals surface area contributed by atoms with Crippen LogP contribution in [0.1, 0.15) is 18.5 Å². The van der Waals surface area contributed by atoms with Gasteiger partial charge in [0.25, 0.3) is 5.56 Å². The van der Waals surface area contributed by atoms with E-state index in [1.54, 1.807) is 23.0 Å². The zero-order valence-corrected chi connectivity index (χ0v) is 12.9. The van der Waals surface area contributed by atoms with Gasteiger partial charge in [0, 0.05) is 37.2 Å². The molecule has 0 saturated carbocycles. The fraction of sp³-hybridized carbons (Fsp3) is 0.353. The van der Waals surface area contributed by atoms with Gasteiger partial charge in [0.2, 0.25) is 0 Å². The summed E-state index contributed by atoms with van der Waals surface area (Å²) in [4.78, 5) is 18.9. The van der Waals surface area contributed by atoms with Crippen LogP contribution in [0.2, 0.25) is 0 Å². The molecule has 6 heteroatoms. The topological polar surface area (TPSA) is 55.4 Å². The summed E-state index contributed by atoms with van der Waals surface area (Å²) in [6, 6.07) is 9.60. The second kappa shape index (κ2) is 5.96. The Morgan fingerprint density at radius 2 is 2.17 bits per heavy atom. The molecule has 6 nitrogen and oxygen atoms in total. The normalized spacial score (nSPS) is 18.7. The summed E-state index contributed by atoms with van der Waals surface area (Å²) < 4.78 is 3.61. The fourth-order valence-electron chi connectivity index (χ4n) is 3.31. The van der Waals surface area contributed by atoms with Gasteiger partial charge in [0.05, 0.1) is 12.2 Å². The highest BCUT2D eigenvalue weighted by molar-refractivity contribution is 5.39. The zero-order chi connectivity index (χ0) is 15.6. The SMILES string of the molecule is O=c1cccnn1CC1CCCN1Cc1cn2ccccc2n1. The maximum absolute atomic E-state index is 11.9. The second-order valence-corrected chi connectivity index (χ2v) is 6.01. The Labute approximate surface area is 134 Å². The molecule has 0 spiro atoms. The summed E-state index contributed by atoms with van der Waals surface area (Å²) in [5.41, 5.74) is 2.00. The van der Waals surface area contributed by atoms with Gasteiger partial charge in [-0.1, -0.05) is 6.07 Å². The first kappa shape index (κ1) is 14.1. The third-order valence-corrected chi connectivity index (χ3v) is 4.45. The molecule has 0 aromatic carbocycles. The lowest BCUT2D eigenvalue weighted by Crippen LogP contribution is -2.36.